The molecule has 0 fully saturated rings. The van der Waals surface area contributed by atoms with E-state index >= 15 is 0 Å². The first-order chi connectivity index (χ1) is 15.1. The zero-order valence-corrected chi connectivity index (χ0v) is 16.8. The van der Waals surface area contributed by atoms with E-state index in [0.717, 1.165) is 5.56 Å². The Kier molecular flexibility index (Phi) is 5.57. The maximum atomic E-state index is 13.1. The molecular weight excluding hydrogens is 392 g/mol. The van der Waals surface area contributed by atoms with Crippen molar-refractivity contribution in [1.29, 1.82) is 0 Å². The summed E-state index contributed by atoms with van der Waals surface area (Å²) in [6.45, 7) is 0.247. The normalized spacial score (nSPS) is 10.6. The number of benzene rings is 3. The Labute approximate surface area is 178 Å². The maximum Gasteiger partial charge on any atom is 0.276 e. The Morgan fingerprint density at radius 2 is 1.58 bits per heavy atom. The Bertz CT molecular complexity index is 1330. The van der Waals surface area contributed by atoms with Crippen molar-refractivity contribution < 1.29 is 9.59 Å². The van der Waals surface area contributed by atoms with Crippen molar-refractivity contribution in [2.45, 2.75) is 6.54 Å². The minimum atomic E-state index is -0.466. The molecule has 0 unspecified atom stereocenters. The molecule has 31 heavy (non-hydrogen) atoms. The van der Waals surface area contributed by atoms with Gasteiger partial charge in [0.1, 0.15) is 0 Å². The summed E-state index contributed by atoms with van der Waals surface area (Å²) in [5.41, 5.74) is 1.65. The number of anilines is 1. The smallest absolute Gasteiger partial charge is 0.276 e. The van der Waals surface area contributed by atoms with Gasteiger partial charge in [-0.1, -0.05) is 54.6 Å². The van der Waals surface area contributed by atoms with Gasteiger partial charge in [-0.3, -0.25) is 14.4 Å². The van der Waals surface area contributed by atoms with Gasteiger partial charge in [-0.25, -0.2) is 4.68 Å². The largest absolute Gasteiger partial charge is 0.355 e. The molecule has 2 N–H and O–H groups in total. The highest BCUT2D eigenvalue weighted by atomic mass is 16.2. The maximum absolute atomic E-state index is 13.1. The lowest BCUT2D eigenvalue weighted by Gasteiger charge is -2.12. The van der Waals surface area contributed by atoms with E-state index in [1.807, 2.05) is 30.3 Å². The lowest BCUT2D eigenvalue weighted by atomic mass is 10.1. The molecule has 4 aromatic rings. The van der Waals surface area contributed by atoms with E-state index in [9.17, 15) is 14.4 Å². The molecule has 2 amide bonds. The predicted octanol–water partition coefficient (Wildman–Crippen LogP) is 3.06. The van der Waals surface area contributed by atoms with E-state index in [4.69, 9.17) is 0 Å². The van der Waals surface area contributed by atoms with Crippen LogP contribution in [0, 0.1) is 0 Å². The molecule has 0 atom stereocenters. The fourth-order valence-corrected chi connectivity index (χ4v) is 3.34. The van der Waals surface area contributed by atoms with Gasteiger partial charge in [-0.2, -0.15) is 5.10 Å². The van der Waals surface area contributed by atoms with Crippen LogP contribution in [0.2, 0.25) is 0 Å². The fraction of sp³-hybridized carbons (Fsp3) is 0.0833. The molecule has 1 aromatic heterocycles. The van der Waals surface area contributed by atoms with Crippen molar-refractivity contribution in [3.05, 3.63) is 106 Å². The monoisotopic (exact) mass is 412 g/mol. The minimum Gasteiger partial charge on any atom is -0.355 e. The molecule has 4 rings (SSSR count). The number of hydrogen-bond acceptors (Lipinski definition) is 4. The van der Waals surface area contributed by atoms with Crippen molar-refractivity contribution >= 4 is 28.3 Å². The number of hydrogen-bond donors (Lipinski definition) is 2. The summed E-state index contributed by atoms with van der Waals surface area (Å²) in [5.74, 6) is -0.719. The fourth-order valence-electron chi connectivity index (χ4n) is 3.34. The average Bonchev–Trinajstić information content (AvgIpc) is 2.81. The first kappa shape index (κ1) is 20.0. The Balaban J connectivity index is 1.74. The van der Waals surface area contributed by atoms with Crippen LogP contribution in [0.5, 0.6) is 0 Å². The van der Waals surface area contributed by atoms with Crippen LogP contribution in [-0.4, -0.2) is 28.6 Å². The summed E-state index contributed by atoms with van der Waals surface area (Å²) < 4.78 is 1.30. The number of fused-ring (bicyclic) bond motifs is 1. The van der Waals surface area contributed by atoms with Gasteiger partial charge < -0.3 is 10.6 Å². The summed E-state index contributed by atoms with van der Waals surface area (Å²) in [5, 5.41) is 10.6. The van der Waals surface area contributed by atoms with Gasteiger partial charge in [-0.15, -0.1) is 0 Å². The average molecular weight is 412 g/mol. The van der Waals surface area contributed by atoms with Gasteiger partial charge in [0, 0.05) is 23.7 Å². The predicted molar refractivity (Wildman–Crippen MR) is 119 cm³/mol. The number of amides is 2. The Morgan fingerprint density at radius 3 is 2.32 bits per heavy atom. The van der Waals surface area contributed by atoms with Gasteiger partial charge in [0.2, 0.25) is 0 Å². The van der Waals surface area contributed by atoms with Gasteiger partial charge in [-0.05, 0) is 29.8 Å². The van der Waals surface area contributed by atoms with Gasteiger partial charge in [0.05, 0.1) is 11.9 Å². The molecule has 7 nitrogen and oxygen atoms in total. The molecule has 0 spiro atoms. The molecule has 0 aliphatic rings. The third-order valence-electron chi connectivity index (χ3n) is 4.87. The van der Waals surface area contributed by atoms with Crippen molar-refractivity contribution in [3.8, 4) is 0 Å². The van der Waals surface area contributed by atoms with E-state index in [0.29, 0.717) is 22.0 Å². The van der Waals surface area contributed by atoms with Crippen LogP contribution in [0.1, 0.15) is 26.4 Å². The van der Waals surface area contributed by atoms with Gasteiger partial charge >= 0.3 is 0 Å². The molecule has 1 heterocycles. The second kappa shape index (κ2) is 8.62. The zero-order chi connectivity index (χ0) is 21.8. The van der Waals surface area contributed by atoms with Crippen LogP contribution in [0.3, 0.4) is 0 Å². The summed E-state index contributed by atoms with van der Waals surface area (Å²) in [4.78, 5) is 37.9. The molecule has 0 bridgehead atoms. The van der Waals surface area contributed by atoms with Crippen molar-refractivity contribution in [1.82, 2.24) is 15.1 Å². The number of nitrogens with zero attached hydrogens (tertiary/aromatic N) is 2. The third-order valence-corrected chi connectivity index (χ3v) is 4.87. The van der Waals surface area contributed by atoms with Crippen molar-refractivity contribution in [2.75, 3.05) is 12.4 Å². The van der Waals surface area contributed by atoms with Gasteiger partial charge in [0.25, 0.3) is 17.4 Å². The number of rotatable bonds is 5. The van der Waals surface area contributed by atoms with E-state index in [2.05, 4.69) is 15.7 Å². The van der Waals surface area contributed by atoms with E-state index in [-0.39, 0.29) is 23.7 Å². The molecule has 0 saturated heterocycles. The SMILES string of the molecule is CNC(=O)c1cccc(NC(=O)c2nn(Cc3ccccc3)c(=O)c3ccccc23)c1. The zero-order valence-electron chi connectivity index (χ0n) is 16.8. The molecule has 0 radical (unpaired) electrons. The number of aromatic nitrogens is 2. The highest BCUT2D eigenvalue weighted by Gasteiger charge is 2.17. The number of carbonyl (C=O) groups excluding carboxylic acids is 2. The minimum absolute atomic E-state index is 0.136. The van der Waals surface area contributed by atoms with E-state index in [1.54, 1.807) is 55.6 Å². The molecule has 0 aliphatic carbocycles. The van der Waals surface area contributed by atoms with Crippen LogP contribution >= 0.6 is 0 Å². The lowest BCUT2D eigenvalue weighted by molar-refractivity contribution is 0.0961. The second-order valence-corrected chi connectivity index (χ2v) is 6.96. The van der Waals surface area contributed by atoms with Crippen LogP contribution in [0.4, 0.5) is 5.69 Å². The van der Waals surface area contributed by atoms with Crippen LogP contribution in [-0.2, 0) is 6.54 Å². The van der Waals surface area contributed by atoms with Crippen molar-refractivity contribution in [2.24, 2.45) is 0 Å². The summed E-state index contributed by atoms with van der Waals surface area (Å²) in [6.07, 6.45) is 0. The van der Waals surface area contributed by atoms with Crippen LogP contribution in [0.15, 0.2) is 83.7 Å². The summed E-state index contributed by atoms with van der Waals surface area (Å²) in [7, 11) is 1.54. The first-order valence-electron chi connectivity index (χ1n) is 9.74. The van der Waals surface area contributed by atoms with E-state index in [1.165, 1.54) is 4.68 Å². The van der Waals surface area contributed by atoms with Crippen molar-refractivity contribution in [3.63, 3.8) is 0 Å². The Hall–Kier alpha value is -4.26. The molecule has 0 saturated carbocycles. The summed E-state index contributed by atoms with van der Waals surface area (Å²) >= 11 is 0. The molecule has 3 aromatic carbocycles. The van der Waals surface area contributed by atoms with Gasteiger partial charge in [0.15, 0.2) is 5.69 Å². The highest BCUT2D eigenvalue weighted by molar-refractivity contribution is 6.11. The highest BCUT2D eigenvalue weighted by Crippen LogP contribution is 2.17. The topological polar surface area (TPSA) is 93.1 Å². The standard InChI is InChI=1S/C24H20N4O3/c1-25-22(29)17-10-7-11-18(14-17)26-23(30)21-19-12-5-6-13-20(19)24(31)28(27-21)15-16-8-3-2-4-9-16/h2-14H,15H2,1H3,(H,25,29)(H,26,30). The summed E-state index contributed by atoms with van der Waals surface area (Å²) in [6, 6.07) is 23.0. The molecule has 154 valence electrons. The molecule has 7 heteroatoms. The van der Waals surface area contributed by atoms with E-state index < -0.39 is 5.91 Å². The number of carbonyl (C=O) groups is 2. The Morgan fingerprint density at radius 1 is 0.871 bits per heavy atom. The first-order valence-corrected chi connectivity index (χ1v) is 9.74. The molecule has 0 aliphatic heterocycles. The third kappa shape index (κ3) is 4.20. The quantitative estimate of drug-likeness (QED) is 0.527. The van der Waals surface area contributed by atoms with Crippen LogP contribution in [0.25, 0.3) is 10.8 Å². The lowest BCUT2D eigenvalue weighted by Crippen LogP contribution is -2.28. The number of nitrogens with one attached hydrogen (secondary N) is 2. The van der Waals surface area contributed by atoms with Crippen LogP contribution < -0.4 is 16.2 Å². The second-order valence-electron chi connectivity index (χ2n) is 6.96. The molecular formula is C24H20N4O3.